The van der Waals surface area contributed by atoms with Gasteiger partial charge in [0.1, 0.15) is 0 Å². The van der Waals surface area contributed by atoms with Crippen LogP contribution >= 0.6 is 11.6 Å². The Balaban J connectivity index is 2.15. The summed E-state index contributed by atoms with van der Waals surface area (Å²) in [5.74, 6) is -0.938. The van der Waals surface area contributed by atoms with Crippen molar-refractivity contribution in [2.45, 2.75) is 24.8 Å². The molecule has 0 radical (unpaired) electrons. The first kappa shape index (κ1) is 14.2. The van der Waals surface area contributed by atoms with E-state index < -0.39 is 5.97 Å². The van der Waals surface area contributed by atoms with Gasteiger partial charge < -0.3 is 15.3 Å². The third-order valence-electron chi connectivity index (χ3n) is 4.05. The van der Waals surface area contributed by atoms with Gasteiger partial charge in [-0.2, -0.15) is 0 Å². The summed E-state index contributed by atoms with van der Waals surface area (Å²) in [6, 6.07) is 4.81. The number of hydrogen-bond acceptors (Lipinski definition) is 3. The number of nitrogens with zero attached hydrogens (tertiary/aromatic N) is 1. The molecule has 0 aliphatic heterocycles. The number of likely N-dealkylation sites (N-methyl/N-ethyl adjacent to an activating group) is 1. The highest BCUT2D eigenvalue weighted by Crippen LogP contribution is 2.36. The van der Waals surface area contributed by atoms with Crippen LogP contribution in [0.1, 0.15) is 29.6 Å². The van der Waals surface area contributed by atoms with Gasteiger partial charge in [-0.1, -0.05) is 11.6 Å². The molecule has 0 heterocycles. The van der Waals surface area contributed by atoms with Gasteiger partial charge in [0.05, 0.1) is 11.3 Å². The first-order valence-electron chi connectivity index (χ1n) is 6.39. The molecule has 19 heavy (non-hydrogen) atoms. The van der Waals surface area contributed by atoms with Crippen LogP contribution in [0.5, 0.6) is 0 Å². The molecule has 2 rings (SSSR count). The van der Waals surface area contributed by atoms with E-state index in [1.807, 2.05) is 0 Å². The Hall–Kier alpha value is -1.26. The van der Waals surface area contributed by atoms with Crippen molar-refractivity contribution in [1.29, 1.82) is 0 Å². The molecule has 0 bridgehead atoms. The van der Waals surface area contributed by atoms with Gasteiger partial charge >= 0.3 is 5.97 Å². The maximum Gasteiger partial charge on any atom is 0.337 e. The largest absolute Gasteiger partial charge is 0.478 e. The third kappa shape index (κ3) is 2.85. The van der Waals surface area contributed by atoms with Crippen LogP contribution in [-0.4, -0.2) is 42.2 Å². The molecule has 0 unspecified atom stereocenters. The van der Waals surface area contributed by atoms with Gasteiger partial charge in [0, 0.05) is 17.1 Å². The molecule has 5 heteroatoms. The van der Waals surface area contributed by atoms with Crippen molar-refractivity contribution in [3.05, 3.63) is 28.8 Å². The summed E-state index contributed by atoms with van der Waals surface area (Å²) in [5, 5.41) is 13.0. The van der Waals surface area contributed by atoms with E-state index in [1.165, 1.54) is 12.5 Å². The predicted octanol–water partition coefficient (Wildman–Crippen LogP) is 2.93. The van der Waals surface area contributed by atoms with Crippen LogP contribution in [0, 0.1) is 0 Å². The molecule has 0 saturated heterocycles. The molecule has 0 spiro atoms. The van der Waals surface area contributed by atoms with Crippen molar-refractivity contribution >= 4 is 23.3 Å². The number of carboxylic acids is 1. The molecule has 1 aromatic rings. The lowest BCUT2D eigenvalue weighted by Crippen LogP contribution is -2.54. The fraction of sp³-hybridized carbons (Fsp3) is 0.500. The fourth-order valence-corrected chi connectivity index (χ4v) is 2.65. The van der Waals surface area contributed by atoms with Gasteiger partial charge in [-0.15, -0.1) is 0 Å². The molecule has 1 saturated carbocycles. The van der Waals surface area contributed by atoms with Crippen LogP contribution in [0.4, 0.5) is 5.69 Å². The summed E-state index contributed by atoms with van der Waals surface area (Å²) >= 11 is 5.94. The molecule has 4 nitrogen and oxygen atoms in total. The van der Waals surface area contributed by atoms with Crippen LogP contribution in [-0.2, 0) is 0 Å². The van der Waals surface area contributed by atoms with Crippen LogP contribution in [0.3, 0.4) is 0 Å². The van der Waals surface area contributed by atoms with Crippen molar-refractivity contribution in [1.82, 2.24) is 4.90 Å². The van der Waals surface area contributed by atoms with Crippen molar-refractivity contribution in [3.8, 4) is 0 Å². The minimum atomic E-state index is -0.938. The quantitative estimate of drug-likeness (QED) is 0.872. The highest BCUT2D eigenvalue weighted by atomic mass is 35.5. The first-order chi connectivity index (χ1) is 8.94. The Bertz CT molecular complexity index is 484. The minimum Gasteiger partial charge on any atom is -0.478 e. The monoisotopic (exact) mass is 282 g/mol. The van der Waals surface area contributed by atoms with Crippen LogP contribution in [0.2, 0.25) is 5.02 Å². The molecule has 0 aromatic heterocycles. The van der Waals surface area contributed by atoms with Gasteiger partial charge in [0.2, 0.25) is 0 Å². The molecular formula is C14H19ClN2O2. The standard InChI is InChI=1S/C14H19ClN2O2/c1-17(2)14(6-3-7-14)9-16-12-8-10(15)4-5-11(12)13(18)19/h4-5,8,16H,3,6-7,9H2,1-2H3,(H,18,19). The normalized spacial score (nSPS) is 17.1. The molecule has 0 atom stereocenters. The van der Waals surface area contributed by atoms with Gasteiger partial charge in [-0.05, 0) is 51.6 Å². The maximum atomic E-state index is 11.2. The van der Waals surface area contributed by atoms with Crippen molar-refractivity contribution in [2.75, 3.05) is 26.0 Å². The molecule has 1 aliphatic rings. The van der Waals surface area contributed by atoms with E-state index in [2.05, 4.69) is 24.3 Å². The molecular weight excluding hydrogens is 264 g/mol. The zero-order valence-corrected chi connectivity index (χ0v) is 12.0. The van der Waals surface area contributed by atoms with Crippen molar-refractivity contribution < 1.29 is 9.90 Å². The zero-order valence-electron chi connectivity index (χ0n) is 11.2. The first-order valence-corrected chi connectivity index (χ1v) is 6.76. The van der Waals surface area contributed by atoms with E-state index in [-0.39, 0.29) is 11.1 Å². The molecule has 0 amide bonds. The Morgan fingerprint density at radius 3 is 2.63 bits per heavy atom. The second-order valence-electron chi connectivity index (χ2n) is 5.32. The molecule has 1 aromatic carbocycles. The number of carboxylic acid groups (broad SMARTS) is 1. The van der Waals surface area contributed by atoms with Crippen LogP contribution < -0.4 is 5.32 Å². The smallest absolute Gasteiger partial charge is 0.337 e. The van der Waals surface area contributed by atoms with Crippen molar-refractivity contribution in [3.63, 3.8) is 0 Å². The lowest BCUT2D eigenvalue weighted by Gasteiger charge is -2.47. The number of aromatic carboxylic acids is 1. The Morgan fingerprint density at radius 1 is 1.47 bits per heavy atom. The number of nitrogens with one attached hydrogen (secondary N) is 1. The lowest BCUT2D eigenvalue weighted by molar-refractivity contribution is 0.0693. The third-order valence-corrected chi connectivity index (χ3v) is 4.29. The van der Waals surface area contributed by atoms with Crippen LogP contribution in [0.25, 0.3) is 0 Å². The molecule has 104 valence electrons. The molecule has 2 N–H and O–H groups in total. The minimum absolute atomic E-state index is 0.137. The van der Waals surface area contributed by atoms with Crippen molar-refractivity contribution in [2.24, 2.45) is 0 Å². The summed E-state index contributed by atoms with van der Waals surface area (Å²) in [6.07, 6.45) is 3.49. The molecule has 1 fully saturated rings. The summed E-state index contributed by atoms with van der Waals surface area (Å²) in [7, 11) is 4.13. The Kier molecular flexibility index (Phi) is 4.02. The van der Waals surface area contributed by atoms with E-state index in [0.29, 0.717) is 10.7 Å². The Morgan fingerprint density at radius 2 is 2.16 bits per heavy atom. The van der Waals surface area contributed by atoms with Gasteiger partial charge in [-0.25, -0.2) is 4.79 Å². The lowest BCUT2D eigenvalue weighted by atomic mass is 9.75. The van der Waals surface area contributed by atoms with E-state index in [9.17, 15) is 9.90 Å². The fourth-order valence-electron chi connectivity index (χ4n) is 2.48. The predicted molar refractivity (Wildman–Crippen MR) is 77.2 cm³/mol. The van der Waals surface area contributed by atoms with E-state index in [0.717, 1.165) is 19.4 Å². The average Bonchev–Trinajstić information content (AvgIpc) is 2.26. The second kappa shape index (κ2) is 5.39. The number of rotatable bonds is 5. The van der Waals surface area contributed by atoms with E-state index >= 15 is 0 Å². The van der Waals surface area contributed by atoms with Gasteiger partial charge in [0.25, 0.3) is 0 Å². The van der Waals surface area contributed by atoms with E-state index in [1.54, 1.807) is 12.1 Å². The number of halogens is 1. The van der Waals surface area contributed by atoms with E-state index in [4.69, 9.17) is 11.6 Å². The van der Waals surface area contributed by atoms with Crippen LogP contribution in [0.15, 0.2) is 18.2 Å². The topological polar surface area (TPSA) is 52.6 Å². The number of hydrogen-bond donors (Lipinski definition) is 2. The zero-order chi connectivity index (χ0) is 14.0. The summed E-state index contributed by atoms with van der Waals surface area (Å²) in [4.78, 5) is 13.4. The average molecular weight is 283 g/mol. The SMILES string of the molecule is CN(C)C1(CNc2cc(Cl)ccc2C(=O)O)CCC1. The summed E-state index contributed by atoms with van der Waals surface area (Å²) in [6.45, 7) is 0.737. The van der Waals surface area contributed by atoms with Gasteiger partial charge in [-0.3, -0.25) is 0 Å². The second-order valence-corrected chi connectivity index (χ2v) is 5.76. The maximum absolute atomic E-state index is 11.2. The number of benzene rings is 1. The Labute approximate surface area is 118 Å². The highest BCUT2D eigenvalue weighted by molar-refractivity contribution is 6.31. The number of carbonyl (C=O) groups is 1. The summed E-state index contributed by atoms with van der Waals surface area (Å²) < 4.78 is 0. The van der Waals surface area contributed by atoms with Gasteiger partial charge in [0.15, 0.2) is 0 Å². The number of anilines is 1. The molecule has 1 aliphatic carbocycles. The summed E-state index contributed by atoms with van der Waals surface area (Å²) in [5.41, 5.74) is 0.990. The highest BCUT2D eigenvalue weighted by Gasteiger charge is 2.38.